The molecule has 1 heterocycles. The van der Waals surface area contributed by atoms with Gasteiger partial charge in [0.15, 0.2) is 11.5 Å². The van der Waals surface area contributed by atoms with Crippen molar-refractivity contribution in [2.75, 3.05) is 30.3 Å². The summed E-state index contributed by atoms with van der Waals surface area (Å²) in [6.45, 7) is -0.00961. The lowest BCUT2D eigenvalue weighted by Crippen LogP contribution is -2.45. The average Bonchev–Trinajstić information content (AvgIpc) is 2.66. The van der Waals surface area contributed by atoms with Crippen LogP contribution in [0.4, 0.5) is 5.69 Å². The topological polar surface area (TPSA) is 84.9 Å². The van der Waals surface area contributed by atoms with Gasteiger partial charge in [0.25, 0.3) is 0 Å². The van der Waals surface area contributed by atoms with Crippen molar-refractivity contribution in [1.82, 2.24) is 5.32 Å². The molecule has 3 rings (SSSR count). The standard InChI is InChI=1S/C18H18Cl2N2O5S/c1-28(24,25)22(14-6-4-5-13(19)18(14)20)10-17(23)21-9-12-11-26-15-7-2-3-8-16(15)27-12/h2-8,12H,9-11H2,1H3,(H,21,23)/t12-/m0/s1. The average molecular weight is 445 g/mol. The highest BCUT2D eigenvalue weighted by Gasteiger charge is 2.25. The van der Waals surface area contributed by atoms with Gasteiger partial charge in [0.2, 0.25) is 15.9 Å². The van der Waals surface area contributed by atoms with Crippen LogP contribution in [0.3, 0.4) is 0 Å². The zero-order valence-corrected chi connectivity index (χ0v) is 17.2. The molecule has 1 aliphatic heterocycles. The van der Waals surface area contributed by atoms with Gasteiger partial charge in [0.1, 0.15) is 19.3 Å². The Labute approximate surface area is 173 Å². The number of rotatable bonds is 6. The quantitative estimate of drug-likeness (QED) is 0.739. The first kappa shape index (κ1) is 20.6. The molecule has 2 aromatic carbocycles. The minimum Gasteiger partial charge on any atom is -0.486 e. The lowest BCUT2D eigenvalue weighted by Gasteiger charge is -2.27. The highest BCUT2D eigenvalue weighted by atomic mass is 35.5. The van der Waals surface area contributed by atoms with E-state index in [0.29, 0.717) is 11.5 Å². The fourth-order valence-electron chi connectivity index (χ4n) is 2.64. The smallest absolute Gasteiger partial charge is 0.240 e. The Hall–Kier alpha value is -2.16. The summed E-state index contributed by atoms with van der Waals surface area (Å²) in [6.07, 6.45) is 0.604. The Bertz CT molecular complexity index is 984. The van der Waals surface area contributed by atoms with Crippen LogP contribution in [-0.4, -0.2) is 46.4 Å². The van der Waals surface area contributed by atoms with Crippen molar-refractivity contribution >= 4 is 44.8 Å². The minimum atomic E-state index is -3.76. The number of carbonyl (C=O) groups is 1. The largest absolute Gasteiger partial charge is 0.486 e. The van der Waals surface area contributed by atoms with Gasteiger partial charge in [-0.15, -0.1) is 0 Å². The lowest BCUT2D eigenvalue weighted by atomic mass is 10.2. The normalized spacial score (nSPS) is 15.8. The first-order chi connectivity index (χ1) is 13.3. The zero-order chi connectivity index (χ0) is 20.3. The van der Waals surface area contributed by atoms with E-state index < -0.39 is 22.5 Å². The van der Waals surface area contributed by atoms with E-state index in [0.717, 1.165) is 10.6 Å². The highest BCUT2D eigenvalue weighted by molar-refractivity contribution is 7.92. The van der Waals surface area contributed by atoms with E-state index in [1.54, 1.807) is 18.2 Å². The summed E-state index contributed by atoms with van der Waals surface area (Å²) < 4.78 is 36.6. The number of amides is 1. The van der Waals surface area contributed by atoms with Crippen LogP contribution in [0.15, 0.2) is 42.5 Å². The van der Waals surface area contributed by atoms with E-state index in [1.165, 1.54) is 12.1 Å². The number of carbonyl (C=O) groups excluding carboxylic acids is 1. The maximum Gasteiger partial charge on any atom is 0.240 e. The lowest BCUT2D eigenvalue weighted by molar-refractivity contribution is -0.120. The molecule has 0 radical (unpaired) electrons. The maximum atomic E-state index is 12.4. The van der Waals surface area contributed by atoms with Crippen molar-refractivity contribution in [2.45, 2.75) is 6.10 Å². The van der Waals surface area contributed by atoms with Gasteiger partial charge in [-0.2, -0.15) is 0 Å². The maximum absolute atomic E-state index is 12.4. The highest BCUT2D eigenvalue weighted by Crippen LogP contribution is 2.33. The van der Waals surface area contributed by atoms with Gasteiger partial charge in [0.05, 0.1) is 28.5 Å². The molecule has 7 nitrogen and oxygen atoms in total. The Balaban J connectivity index is 1.64. The van der Waals surface area contributed by atoms with Gasteiger partial charge in [-0.3, -0.25) is 9.10 Å². The second-order valence-electron chi connectivity index (χ2n) is 6.14. The van der Waals surface area contributed by atoms with Crippen molar-refractivity contribution in [2.24, 2.45) is 0 Å². The molecule has 0 bridgehead atoms. The molecule has 0 unspecified atom stereocenters. The van der Waals surface area contributed by atoms with Crippen LogP contribution in [-0.2, 0) is 14.8 Å². The number of hydrogen-bond acceptors (Lipinski definition) is 5. The number of para-hydroxylation sites is 2. The summed E-state index contributed by atoms with van der Waals surface area (Å²) in [5.74, 6) is 0.726. The molecule has 2 aromatic rings. The number of nitrogens with one attached hydrogen (secondary N) is 1. The molecule has 10 heteroatoms. The summed E-state index contributed by atoms with van der Waals surface area (Å²) in [4.78, 5) is 12.4. The summed E-state index contributed by atoms with van der Waals surface area (Å²) in [5.41, 5.74) is 0.137. The van der Waals surface area contributed by atoms with Crippen LogP contribution in [0.2, 0.25) is 10.0 Å². The van der Waals surface area contributed by atoms with E-state index in [2.05, 4.69) is 5.32 Å². The molecule has 1 atom stereocenters. The monoisotopic (exact) mass is 444 g/mol. The van der Waals surface area contributed by atoms with E-state index in [9.17, 15) is 13.2 Å². The van der Waals surface area contributed by atoms with E-state index in [1.807, 2.05) is 12.1 Å². The summed E-state index contributed by atoms with van der Waals surface area (Å²) in [6, 6.07) is 11.8. The first-order valence-electron chi connectivity index (χ1n) is 8.32. The van der Waals surface area contributed by atoms with Crippen LogP contribution < -0.4 is 19.1 Å². The molecule has 1 aliphatic rings. The SMILES string of the molecule is CS(=O)(=O)N(CC(=O)NC[C@H]1COc2ccccc2O1)c1cccc(Cl)c1Cl. The zero-order valence-electron chi connectivity index (χ0n) is 14.9. The molecular formula is C18H18Cl2N2O5S. The molecule has 0 fully saturated rings. The second-order valence-corrected chi connectivity index (χ2v) is 8.84. The van der Waals surface area contributed by atoms with E-state index in [4.69, 9.17) is 32.7 Å². The van der Waals surface area contributed by atoms with Crippen LogP contribution in [0, 0.1) is 0 Å². The number of sulfonamides is 1. The molecule has 150 valence electrons. The predicted molar refractivity (Wildman–Crippen MR) is 108 cm³/mol. The first-order valence-corrected chi connectivity index (χ1v) is 10.9. The molecule has 0 spiro atoms. The van der Waals surface area contributed by atoms with Gasteiger partial charge >= 0.3 is 0 Å². The molecule has 1 amide bonds. The predicted octanol–water partition coefficient (Wildman–Crippen LogP) is 2.72. The number of nitrogens with zero attached hydrogens (tertiary/aromatic N) is 1. The molecule has 0 saturated carbocycles. The fraction of sp³-hybridized carbons (Fsp3) is 0.278. The minimum absolute atomic E-state index is 0.0583. The fourth-order valence-corrected chi connectivity index (χ4v) is 3.95. The van der Waals surface area contributed by atoms with E-state index in [-0.39, 0.29) is 35.0 Å². The van der Waals surface area contributed by atoms with Crippen LogP contribution >= 0.6 is 23.2 Å². The number of halogens is 2. The van der Waals surface area contributed by atoms with Gasteiger partial charge in [-0.05, 0) is 24.3 Å². The molecule has 0 aliphatic carbocycles. The Morgan fingerprint density at radius 1 is 1.18 bits per heavy atom. The van der Waals surface area contributed by atoms with Gasteiger partial charge < -0.3 is 14.8 Å². The summed E-state index contributed by atoms with van der Waals surface area (Å²) in [5, 5.41) is 2.92. The molecular weight excluding hydrogens is 427 g/mol. The van der Waals surface area contributed by atoms with Crippen LogP contribution in [0.5, 0.6) is 11.5 Å². The van der Waals surface area contributed by atoms with Crippen molar-refractivity contribution < 1.29 is 22.7 Å². The number of hydrogen-bond donors (Lipinski definition) is 1. The number of ether oxygens (including phenoxy) is 2. The second kappa shape index (κ2) is 8.46. The number of anilines is 1. The summed E-state index contributed by atoms with van der Waals surface area (Å²) in [7, 11) is -3.76. The Morgan fingerprint density at radius 2 is 1.89 bits per heavy atom. The molecule has 1 N–H and O–H groups in total. The van der Waals surface area contributed by atoms with Gasteiger partial charge in [0, 0.05) is 0 Å². The van der Waals surface area contributed by atoms with Crippen molar-refractivity contribution in [3.63, 3.8) is 0 Å². The number of benzene rings is 2. The third kappa shape index (κ3) is 4.81. The van der Waals surface area contributed by atoms with Crippen molar-refractivity contribution in [1.29, 1.82) is 0 Å². The number of fused-ring (bicyclic) bond motifs is 1. The Morgan fingerprint density at radius 3 is 2.61 bits per heavy atom. The summed E-state index contributed by atoms with van der Waals surface area (Å²) >= 11 is 12.1. The van der Waals surface area contributed by atoms with Crippen LogP contribution in [0.1, 0.15) is 0 Å². The molecule has 0 aromatic heterocycles. The third-order valence-corrected chi connectivity index (χ3v) is 5.92. The molecule has 28 heavy (non-hydrogen) atoms. The van der Waals surface area contributed by atoms with Crippen molar-refractivity contribution in [3.8, 4) is 11.5 Å². The van der Waals surface area contributed by atoms with Crippen molar-refractivity contribution in [3.05, 3.63) is 52.5 Å². The van der Waals surface area contributed by atoms with Gasteiger partial charge in [-0.1, -0.05) is 41.4 Å². The van der Waals surface area contributed by atoms with Gasteiger partial charge in [-0.25, -0.2) is 8.42 Å². The Kier molecular flexibility index (Phi) is 6.22. The molecule has 0 saturated heterocycles. The van der Waals surface area contributed by atoms with E-state index >= 15 is 0 Å². The van der Waals surface area contributed by atoms with Crippen LogP contribution in [0.25, 0.3) is 0 Å². The third-order valence-electron chi connectivity index (χ3n) is 3.98.